The molecule has 1 unspecified atom stereocenters. The number of pyridine rings is 1. The van der Waals surface area contributed by atoms with E-state index in [1.807, 2.05) is 23.1 Å². The summed E-state index contributed by atoms with van der Waals surface area (Å²) in [4.78, 5) is 32.3. The van der Waals surface area contributed by atoms with Crippen molar-refractivity contribution in [2.75, 3.05) is 32.7 Å². The molecule has 3 heterocycles. The molecule has 2 aromatic heterocycles. The zero-order valence-electron chi connectivity index (χ0n) is 17.5. The quantitative estimate of drug-likeness (QED) is 0.537. The lowest BCUT2D eigenvalue weighted by molar-refractivity contribution is -0.144. The van der Waals surface area contributed by atoms with Crippen LogP contribution in [-0.4, -0.2) is 74.2 Å². The molecule has 168 valence electrons. The number of hydrogen-bond acceptors (Lipinski definition) is 5. The molecule has 1 atom stereocenters. The van der Waals surface area contributed by atoms with Crippen molar-refractivity contribution in [1.82, 2.24) is 19.4 Å². The van der Waals surface area contributed by atoms with Gasteiger partial charge in [-0.25, -0.2) is 0 Å². The molecule has 3 aromatic rings. The lowest BCUT2D eigenvalue weighted by Crippen LogP contribution is -2.49. The highest BCUT2D eigenvalue weighted by Crippen LogP contribution is 2.33. The molecule has 0 radical (unpaired) electrons. The maximum atomic E-state index is 12.3. The third kappa shape index (κ3) is 4.93. The van der Waals surface area contributed by atoms with E-state index < -0.39 is 18.0 Å². The van der Waals surface area contributed by atoms with E-state index in [2.05, 4.69) is 9.88 Å². The van der Waals surface area contributed by atoms with Crippen LogP contribution in [0.2, 0.25) is 5.02 Å². The number of carboxylic acids is 2. The van der Waals surface area contributed by atoms with Crippen LogP contribution in [0.15, 0.2) is 48.8 Å². The fourth-order valence-electron chi connectivity index (χ4n) is 4.34. The monoisotopic (exact) mass is 456 g/mol. The van der Waals surface area contributed by atoms with Crippen LogP contribution < -0.4 is 0 Å². The molecule has 8 nitrogen and oxygen atoms in total. The number of carboxylic acid groups (broad SMARTS) is 2. The fraction of sp³-hybridized carbons (Fsp3) is 0.348. The van der Waals surface area contributed by atoms with Crippen LogP contribution in [0, 0.1) is 0 Å². The van der Waals surface area contributed by atoms with Crippen LogP contribution >= 0.6 is 11.6 Å². The van der Waals surface area contributed by atoms with Crippen molar-refractivity contribution in [1.29, 1.82) is 0 Å². The molecule has 32 heavy (non-hydrogen) atoms. The number of benzene rings is 1. The Hall–Kier alpha value is -2.94. The van der Waals surface area contributed by atoms with Crippen LogP contribution in [0.1, 0.15) is 17.3 Å². The van der Waals surface area contributed by atoms with Gasteiger partial charge in [0.2, 0.25) is 0 Å². The highest BCUT2D eigenvalue weighted by Gasteiger charge is 2.33. The molecular formula is C23H25ClN4O4. The van der Waals surface area contributed by atoms with Crippen molar-refractivity contribution >= 4 is 34.4 Å². The zero-order valence-corrected chi connectivity index (χ0v) is 18.3. The first-order valence-electron chi connectivity index (χ1n) is 10.5. The van der Waals surface area contributed by atoms with E-state index in [4.69, 9.17) is 11.6 Å². The molecule has 0 amide bonds. The Morgan fingerprint density at radius 2 is 1.88 bits per heavy atom. The van der Waals surface area contributed by atoms with Gasteiger partial charge in [-0.1, -0.05) is 23.7 Å². The van der Waals surface area contributed by atoms with Gasteiger partial charge in [-0.15, -0.1) is 0 Å². The number of nitrogens with zero attached hydrogens (tertiary/aromatic N) is 4. The summed E-state index contributed by atoms with van der Waals surface area (Å²) in [7, 11) is 0. The van der Waals surface area contributed by atoms with Crippen LogP contribution in [0.3, 0.4) is 0 Å². The smallest absolute Gasteiger partial charge is 0.325 e. The second kappa shape index (κ2) is 9.68. The molecule has 4 rings (SSSR count). The van der Waals surface area contributed by atoms with Crippen LogP contribution in [0.25, 0.3) is 10.9 Å². The van der Waals surface area contributed by atoms with Crippen molar-refractivity contribution in [2.45, 2.75) is 19.0 Å². The minimum atomic E-state index is -0.998. The molecular weight excluding hydrogens is 432 g/mol. The molecule has 0 saturated carbocycles. The molecule has 1 aromatic carbocycles. The lowest BCUT2D eigenvalue weighted by atomic mass is 10.0. The number of hydrogen-bond donors (Lipinski definition) is 2. The Balaban J connectivity index is 1.52. The van der Waals surface area contributed by atoms with Gasteiger partial charge in [-0.3, -0.25) is 19.5 Å². The Labute approximate surface area is 190 Å². The van der Waals surface area contributed by atoms with Crippen LogP contribution in [-0.2, 0) is 22.6 Å². The standard InChI is InChI=1S/C23H25ClN4O4/c24-16-4-5-18-19(14-28(15-21(29)30)20(18)13-16)22(23(31)32)27-11-9-26(10-12-27)8-6-17-3-1-2-7-25-17/h1-5,7,13-14,22H,6,8-12,15H2,(H,29,30)(H,31,32). The summed E-state index contributed by atoms with van der Waals surface area (Å²) in [5, 5.41) is 20.5. The highest BCUT2D eigenvalue weighted by atomic mass is 35.5. The number of piperazine rings is 1. The van der Waals surface area contributed by atoms with Gasteiger partial charge in [0.1, 0.15) is 12.6 Å². The van der Waals surface area contributed by atoms with Crippen molar-refractivity contribution in [2.24, 2.45) is 0 Å². The highest BCUT2D eigenvalue weighted by molar-refractivity contribution is 6.31. The SMILES string of the molecule is O=C(O)Cn1cc(C(C(=O)O)N2CCN(CCc3ccccn3)CC2)c2ccc(Cl)cc21. The average Bonchev–Trinajstić information content (AvgIpc) is 3.10. The third-order valence-electron chi connectivity index (χ3n) is 5.89. The summed E-state index contributed by atoms with van der Waals surface area (Å²) in [6.07, 6.45) is 4.28. The second-order valence-electron chi connectivity index (χ2n) is 7.96. The summed E-state index contributed by atoms with van der Waals surface area (Å²) in [5.74, 6) is -1.95. The summed E-state index contributed by atoms with van der Waals surface area (Å²) in [6, 6.07) is 10.2. The summed E-state index contributed by atoms with van der Waals surface area (Å²) in [6.45, 7) is 3.35. The molecule has 1 saturated heterocycles. The van der Waals surface area contributed by atoms with E-state index in [1.54, 1.807) is 35.2 Å². The van der Waals surface area contributed by atoms with Crippen LogP contribution in [0.5, 0.6) is 0 Å². The number of carbonyl (C=O) groups is 2. The third-order valence-corrected chi connectivity index (χ3v) is 6.13. The molecule has 0 aliphatic carbocycles. The Bertz CT molecular complexity index is 1110. The minimum absolute atomic E-state index is 0.259. The van der Waals surface area contributed by atoms with Gasteiger partial charge in [0.25, 0.3) is 0 Å². The predicted molar refractivity (Wildman–Crippen MR) is 121 cm³/mol. The van der Waals surface area contributed by atoms with E-state index >= 15 is 0 Å². The molecule has 0 spiro atoms. The van der Waals surface area contributed by atoms with Gasteiger partial charge in [-0.2, -0.15) is 0 Å². The van der Waals surface area contributed by atoms with E-state index in [0.717, 1.165) is 31.7 Å². The normalized spacial score (nSPS) is 16.3. The maximum Gasteiger partial charge on any atom is 0.325 e. The first kappa shape index (κ1) is 22.3. The fourth-order valence-corrected chi connectivity index (χ4v) is 4.50. The Morgan fingerprint density at radius 3 is 2.53 bits per heavy atom. The molecule has 0 bridgehead atoms. The van der Waals surface area contributed by atoms with E-state index in [0.29, 0.717) is 34.6 Å². The van der Waals surface area contributed by atoms with Gasteiger partial charge >= 0.3 is 11.9 Å². The summed E-state index contributed by atoms with van der Waals surface area (Å²) < 4.78 is 1.55. The van der Waals surface area contributed by atoms with Gasteiger partial charge in [0, 0.05) is 73.2 Å². The predicted octanol–water partition coefficient (Wildman–Crippen LogP) is 2.76. The largest absolute Gasteiger partial charge is 0.480 e. The minimum Gasteiger partial charge on any atom is -0.480 e. The van der Waals surface area contributed by atoms with Crippen molar-refractivity contribution < 1.29 is 19.8 Å². The van der Waals surface area contributed by atoms with Gasteiger partial charge < -0.3 is 19.7 Å². The van der Waals surface area contributed by atoms with Crippen LogP contribution in [0.4, 0.5) is 0 Å². The zero-order chi connectivity index (χ0) is 22.7. The first-order valence-corrected chi connectivity index (χ1v) is 10.9. The maximum absolute atomic E-state index is 12.3. The number of aliphatic carboxylic acids is 2. The van der Waals surface area contributed by atoms with E-state index in [-0.39, 0.29) is 6.54 Å². The first-order chi connectivity index (χ1) is 15.4. The topological polar surface area (TPSA) is 98.9 Å². The van der Waals surface area contributed by atoms with E-state index in [9.17, 15) is 19.8 Å². The number of rotatable bonds is 8. The van der Waals surface area contributed by atoms with Crippen molar-refractivity contribution in [3.05, 3.63) is 65.1 Å². The molecule has 1 fully saturated rings. The summed E-state index contributed by atoms with van der Waals surface area (Å²) in [5.41, 5.74) is 2.26. The number of fused-ring (bicyclic) bond motifs is 1. The molecule has 9 heteroatoms. The Morgan fingerprint density at radius 1 is 1.09 bits per heavy atom. The number of halogens is 1. The van der Waals surface area contributed by atoms with Crippen molar-refractivity contribution in [3.63, 3.8) is 0 Å². The van der Waals surface area contributed by atoms with Gasteiger partial charge in [-0.05, 0) is 24.3 Å². The molecule has 1 aliphatic rings. The second-order valence-corrected chi connectivity index (χ2v) is 8.39. The van der Waals surface area contributed by atoms with Gasteiger partial charge in [0.15, 0.2) is 0 Å². The average molecular weight is 457 g/mol. The Kier molecular flexibility index (Phi) is 6.74. The van der Waals surface area contributed by atoms with Crippen molar-refractivity contribution in [3.8, 4) is 0 Å². The molecule has 1 aliphatic heterocycles. The lowest BCUT2D eigenvalue weighted by Gasteiger charge is -2.37. The van der Waals surface area contributed by atoms with Gasteiger partial charge in [0.05, 0.1) is 5.52 Å². The summed E-state index contributed by atoms with van der Waals surface area (Å²) >= 11 is 6.12. The molecule has 2 N–H and O–H groups in total. The number of aromatic nitrogens is 2. The van der Waals surface area contributed by atoms with E-state index in [1.165, 1.54) is 0 Å².